The van der Waals surface area contributed by atoms with Crippen molar-refractivity contribution in [2.45, 2.75) is 53.4 Å². The fraction of sp³-hybridized carbons (Fsp3) is 1.00. The summed E-state index contributed by atoms with van der Waals surface area (Å²) in [5.74, 6) is 0. The van der Waals surface area contributed by atoms with Gasteiger partial charge in [-0.05, 0) is 25.9 Å². The molecule has 0 saturated carbocycles. The maximum absolute atomic E-state index is 5.88. The summed E-state index contributed by atoms with van der Waals surface area (Å²) in [6.07, 6.45) is 6.06. The largest absolute Gasteiger partial charge is 0.333 e. The molecule has 0 atom stereocenters. The van der Waals surface area contributed by atoms with E-state index in [0.717, 1.165) is 19.5 Å². The lowest BCUT2D eigenvalue weighted by molar-refractivity contribution is 0.0572. The van der Waals surface area contributed by atoms with E-state index in [1.807, 2.05) is 0 Å². The van der Waals surface area contributed by atoms with Crippen molar-refractivity contribution in [1.29, 1.82) is 0 Å². The van der Waals surface area contributed by atoms with E-state index in [-0.39, 0.29) is 5.41 Å². The second kappa shape index (κ2) is 8.47. The average molecular weight is 275 g/mol. The highest BCUT2D eigenvalue weighted by molar-refractivity contribution is 7.47. The minimum Gasteiger partial charge on any atom is -0.333 e. The van der Waals surface area contributed by atoms with Gasteiger partial charge in [0.15, 0.2) is 8.38 Å². The quantitative estimate of drug-likeness (QED) is 0.619. The summed E-state index contributed by atoms with van der Waals surface area (Å²) in [6.45, 7) is 13.0. The molecule has 1 aliphatic heterocycles. The maximum Gasteiger partial charge on any atom is 0.185 e. The van der Waals surface area contributed by atoms with Crippen LogP contribution in [0.3, 0.4) is 0 Å². The predicted molar refractivity (Wildman–Crippen MR) is 78.9 cm³/mol. The lowest BCUT2D eigenvalue weighted by atomic mass is 9.97. The van der Waals surface area contributed by atoms with Crippen molar-refractivity contribution in [2.75, 3.05) is 32.6 Å². The summed E-state index contributed by atoms with van der Waals surface area (Å²) in [6, 6.07) is 0. The second-order valence-electron chi connectivity index (χ2n) is 6.01. The molecule has 18 heavy (non-hydrogen) atoms. The van der Waals surface area contributed by atoms with Crippen molar-refractivity contribution in [3.63, 3.8) is 0 Å². The van der Waals surface area contributed by atoms with Gasteiger partial charge in [-0.1, -0.05) is 40.5 Å². The van der Waals surface area contributed by atoms with Crippen molar-refractivity contribution >= 4 is 8.38 Å². The van der Waals surface area contributed by atoms with Crippen LogP contribution in [0.25, 0.3) is 0 Å². The van der Waals surface area contributed by atoms with Crippen LogP contribution < -0.4 is 0 Å². The zero-order valence-corrected chi connectivity index (χ0v) is 13.5. The first-order valence-corrected chi connectivity index (χ1v) is 8.69. The highest BCUT2D eigenvalue weighted by Crippen LogP contribution is 2.46. The minimum absolute atomic E-state index is 0.191. The third-order valence-corrected chi connectivity index (χ3v) is 4.63. The molecule has 1 fully saturated rings. The Morgan fingerprint density at radius 3 is 1.94 bits per heavy atom. The Labute approximate surface area is 114 Å². The first-order chi connectivity index (χ1) is 8.57. The SMILES string of the molecule is CCCCN(CCCC)CP1OCC(C)(C)CO1. The smallest absolute Gasteiger partial charge is 0.185 e. The Balaban J connectivity index is 2.30. The molecule has 4 heteroatoms. The number of hydrogen-bond donors (Lipinski definition) is 0. The van der Waals surface area contributed by atoms with Crippen LogP contribution in [0, 0.1) is 5.41 Å². The molecule has 0 bridgehead atoms. The molecule has 0 aliphatic carbocycles. The Morgan fingerprint density at radius 2 is 1.50 bits per heavy atom. The summed E-state index contributed by atoms with van der Waals surface area (Å²) < 4.78 is 11.8. The molecule has 0 N–H and O–H groups in total. The molecule has 1 heterocycles. The molecule has 108 valence electrons. The van der Waals surface area contributed by atoms with Gasteiger partial charge in [0.05, 0.1) is 19.5 Å². The van der Waals surface area contributed by atoms with Gasteiger partial charge in [0.2, 0.25) is 0 Å². The van der Waals surface area contributed by atoms with Crippen molar-refractivity contribution in [3.8, 4) is 0 Å². The third kappa shape index (κ3) is 6.47. The van der Waals surface area contributed by atoms with Gasteiger partial charge < -0.3 is 9.05 Å². The summed E-state index contributed by atoms with van der Waals surface area (Å²) in [7, 11) is -0.677. The number of rotatable bonds is 8. The molecule has 0 amide bonds. The van der Waals surface area contributed by atoms with E-state index in [4.69, 9.17) is 9.05 Å². The summed E-state index contributed by atoms with van der Waals surface area (Å²) in [4.78, 5) is 2.52. The fourth-order valence-electron chi connectivity index (χ4n) is 1.83. The van der Waals surface area contributed by atoms with Crippen molar-refractivity contribution < 1.29 is 9.05 Å². The van der Waals surface area contributed by atoms with Gasteiger partial charge in [-0.15, -0.1) is 0 Å². The van der Waals surface area contributed by atoms with Crippen LogP contribution in [0.1, 0.15) is 53.4 Å². The van der Waals surface area contributed by atoms with Gasteiger partial charge in [0.25, 0.3) is 0 Å². The molecule has 1 aliphatic rings. The molecular weight excluding hydrogens is 245 g/mol. The molecule has 0 unspecified atom stereocenters. The first-order valence-electron chi connectivity index (χ1n) is 7.33. The lowest BCUT2D eigenvalue weighted by Gasteiger charge is -2.36. The van der Waals surface area contributed by atoms with Gasteiger partial charge >= 0.3 is 0 Å². The van der Waals surface area contributed by atoms with E-state index < -0.39 is 8.38 Å². The van der Waals surface area contributed by atoms with E-state index in [0.29, 0.717) is 0 Å². The van der Waals surface area contributed by atoms with Crippen LogP contribution in [-0.2, 0) is 9.05 Å². The van der Waals surface area contributed by atoms with Crippen LogP contribution >= 0.6 is 8.38 Å². The van der Waals surface area contributed by atoms with Crippen LogP contribution in [-0.4, -0.2) is 37.5 Å². The topological polar surface area (TPSA) is 21.7 Å². The summed E-state index contributed by atoms with van der Waals surface area (Å²) >= 11 is 0. The van der Waals surface area contributed by atoms with Crippen molar-refractivity contribution in [2.24, 2.45) is 5.41 Å². The Morgan fingerprint density at radius 1 is 1.00 bits per heavy atom. The molecule has 0 aromatic rings. The van der Waals surface area contributed by atoms with E-state index >= 15 is 0 Å². The lowest BCUT2D eigenvalue weighted by Crippen LogP contribution is -2.32. The second-order valence-corrected chi connectivity index (χ2v) is 7.48. The monoisotopic (exact) mass is 275 g/mol. The Kier molecular flexibility index (Phi) is 7.70. The first kappa shape index (κ1) is 16.4. The van der Waals surface area contributed by atoms with Crippen LogP contribution in [0.4, 0.5) is 0 Å². The molecule has 0 aromatic heterocycles. The van der Waals surface area contributed by atoms with Crippen LogP contribution in [0.2, 0.25) is 0 Å². The summed E-state index contributed by atoms with van der Waals surface area (Å²) in [5, 5.41) is 0. The molecule has 1 saturated heterocycles. The zero-order chi connectivity index (χ0) is 13.4. The van der Waals surface area contributed by atoms with Gasteiger partial charge in [-0.25, -0.2) is 0 Å². The van der Waals surface area contributed by atoms with E-state index in [9.17, 15) is 0 Å². The highest BCUT2D eigenvalue weighted by atomic mass is 31.2. The molecule has 1 rings (SSSR count). The molecule has 0 radical (unpaired) electrons. The predicted octanol–water partition coefficient (Wildman–Crippen LogP) is 4.23. The normalized spacial score (nSPS) is 20.5. The number of unbranched alkanes of at least 4 members (excludes halogenated alkanes) is 2. The van der Waals surface area contributed by atoms with E-state index in [1.165, 1.54) is 38.8 Å². The van der Waals surface area contributed by atoms with Gasteiger partial charge in [0.1, 0.15) is 0 Å². The van der Waals surface area contributed by atoms with Crippen LogP contribution in [0.5, 0.6) is 0 Å². The molecule has 0 spiro atoms. The van der Waals surface area contributed by atoms with E-state index in [1.54, 1.807) is 0 Å². The minimum atomic E-state index is -0.677. The summed E-state index contributed by atoms with van der Waals surface area (Å²) in [5.41, 5.74) is 0.191. The van der Waals surface area contributed by atoms with Gasteiger partial charge in [-0.3, -0.25) is 4.90 Å². The Hall–Kier alpha value is 0.310. The highest BCUT2D eigenvalue weighted by Gasteiger charge is 2.29. The third-order valence-electron chi connectivity index (χ3n) is 3.17. The van der Waals surface area contributed by atoms with Gasteiger partial charge in [-0.2, -0.15) is 0 Å². The van der Waals surface area contributed by atoms with E-state index in [2.05, 4.69) is 32.6 Å². The van der Waals surface area contributed by atoms with Crippen molar-refractivity contribution in [1.82, 2.24) is 4.90 Å². The zero-order valence-electron chi connectivity index (χ0n) is 12.6. The molecule has 0 aromatic carbocycles. The standard InChI is InChI=1S/C14H30NO2P/c1-5-7-9-15(10-8-6-2)13-18-16-11-14(3,4)12-17-18/h5-13H2,1-4H3. The van der Waals surface area contributed by atoms with Crippen LogP contribution in [0.15, 0.2) is 0 Å². The maximum atomic E-state index is 5.88. The number of nitrogens with zero attached hydrogens (tertiary/aromatic N) is 1. The Bertz CT molecular complexity index is 206. The average Bonchev–Trinajstić information content (AvgIpc) is 2.35. The molecule has 3 nitrogen and oxygen atoms in total. The van der Waals surface area contributed by atoms with Crippen molar-refractivity contribution in [3.05, 3.63) is 0 Å². The fourth-order valence-corrected chi connectivity index (χ4v) is 3.67. The number of hydrogen-bond acceptors (Lipinski definition) is 3. The van der Waals surface area contributed by atoms with Gasteiger partial charge in [0, 0.05) is 5.41 Å². The molecular formula is C14H30NO2P.